The minimum atomic E-state index is -1.09. The summed E-state index contributed by atoms with van der Waals surface area (Å²) in [7, 11) is 0. The number of hydrogen-bond donors (Lipinski definition) is 3. The summed E-state index contributed by atoms with van der Waals surface area (Å²) in [6.45, 7) is 0.105. The van der Waals surface area contributed by atoms with Crippen LogP contribution in [-0.2, 0) is 21.5 Å². The molecule has 1 heterocycles. The molecule has 1 amide bonds. The van der Waals surface area contributed by atoms with E-state index in [4.69, 9.17) is 5.11 Å². The highest BCUT2D eigenvalue weighted by molar-refractivity contribution is 5.88. The number of carbonyl (C=O) groups excluding carboxylic acids is 1. The van der Waals surface area contributed by atoms with Gasteiger partial charge in [-0.3, -0.25) is 9.59 Å². The molecule has 0 fully saturated rings. The fourth-order valence-electron chi connectivity index (χ4n) is 4.91. The Kier molecular flexibility index (Phi) is 9.11. The molecule has 0 spiro atoms. The maximum atomic E-state index is 14.0. The number of carboxylic acid groups (broad SMARTS) is 1. The van der Waals surface area contributed by atoms with Crippen molar-refractivity contribution in [2.75, 3.05) is 6.54 Å². The number of carbonyl (C=O) groups is 2. The molecule has 0 bridgehead atoms. The number of benzene rings is 3. The average molecular weight is 511 g/mol. The maximum absolute atomic E-state index is 14.0. The summed E-state index contributed by atoms with van der Waals surface area (Å²) in [5.41, 5.74) is 2.83. The van der Waals surface area contributed by atoms with E-state index in [0.717, 1.165) is 22.3 Å². The molecule has 4 aromatic rings. The van der Waals surface area contributed by atoms with Gasteiger partial charge in [0.25, 0.3) is 5.91 Å². The van der Waals surface area contributed by atoms with Gasteiger partial charge in [0.1, 0.15) is 5.54 Å². The molecule has 1 aromatic heterocycles. The first-order chi connectivity index (χ1) is 18.5. The zero-order valence-electron chi connectivity index (χ0n) is 21.4. The third kappa shape index (κ3) is 6.58. The molecule has 0 aliphatic rings. The lowest BCUT2D eigenvalue weighted by molar-refractivity contribution is -0.137. The molecule has 6 nitrogen and oxygen atoms in total. The van der Waals surface area contributed by atoms with Crippen LogP contribution in [0, 0.1) is 0 Å². The van der Waals surface area contributed by atoms with Crippen LogP contribution in [0.25, 0.3) is 11.1 Å². The largest absolute Gasteiger partial charge is 0.481 e. The summed E-state index contributed by atoms with van der Waals surface area (Å²) < 4.78 is 1.89. The van der Waals surface area contributed by atoms with Crippen molar-refractivity contribution in [1.29, 1.82) is 0 Å². The molecule has 6 heteroatoms. The minimum Gasteiger partial charge on any atom is -0.481 e. The number of hydrogen-bond acceptors (Lipinski definition) is 3. The van der Waals surface area contributed by atoms with E-state index >= 15 is 0 Å². The first kappa shape index (κ1) is 26.9. The molecule has 0 radical (unpaired) electrons. The predicted molar refractivity (Wildman–Crippen MR) is 149 cm³/mol. The van der Waals surface area contributed by atoms with Gasteiger partial charge in [-0.15, -0.1) is 0 Å². The van der Waals surface area contributed by atoms with Gasteiger partial charge in [0.2, 0.25) is 0 Å². The second-order valence-electron chi connectivity index (χ2n) is 9.55. The van der Waals surface area contributed by atoms with E-state index in [1.165, 1.54) is 0 Å². The fraction of sp³-hybridized carbons (Fsp3) is 0.250. The summed E-state index contributed by atoms with van der Waals surface area (Å²) >= 11 is 0. The highest BCUT2D eigenvalue weighted by Gasteiger charge is 2.41. The van der Waals surface area contributed by atoms with Gasteiger partial charge in [-0.25, -0.2) is 0 Å². The van der Waals surface area contributed by atoms with Gasteiger partial charge in [0.05, 0.1) is 6.10 Å². The van der Waals surface area contributed by atoms with Gasteiger partial charge in [0, 0.05) is 31.8 Å². The standard InChI is InChI=1S/C32H34N2O4/c35-29(23-25-11-3-1-4-12-25)24-33-31(38)32(34-21-9-10-22-34,20-8-7-15-30(36)37)28-18-16-27(17-19-28)26-13-5-2-6-14-26/h1-6,9-14,16-19,21-22,29,35H,7-8,15,20,23-24H2,(H,33,38)(H,36,37)/t29?,32-/m0/s1. The molecule has 196 valence electrons. The fourth-order valence-corrected chi connectivity index (χ4v) is 4.91. The van der Waals surface area contributed by atoms with Gasteiger partial charge in [-0.1, -0.05) is 84.9 Å². The lowest BCUT2D eigenvalue weighted by Gasteiger charge is -2.35. The average Bonchev–Trinajstić information content (AvgIpc) is 3.48. The first-order valence-electron chi connectivity index (χ1n) is 13.0. The minimum absolute atomic E-state index is 0.0477. The number of nitrogens with zero attached hydrogens (tertiary/aromatic N) is 1. The van der Waals surface area contributed by atoms with Crippen LogP contribution in [0.3, 0.4) is 0 Å². The van der Waals surface area contributed by atoms with Crippen LogP contribution in [0.1, 0.15) is 36.8 Å². The lowest BCUT2D eigenvalue weighted by Crippen LogP contribution is -2.51. The van der Waals surface area contributed by atoms with E-state index in [1.54, 1.807) is 0 Å². The van der Waals surface area contributed by atoms with Crippen LogP contribution < -0.4 is 5.32 Å². The quantitative estimate of drug-likeness (QED) is 0.214. The molecule has 38 heavy (non-hydrogen) atoms. The number of aliphatic hydroxyl groups excluding tert-OH is 1. The number of rotatable bonds is 13. The third-order valence-corrected chi connectivity index (χ3v) is 6.88. The molecular weight excluding hydrogens is 476 g/mol. The zero-order valence-corrected chi connectivity index (χ0v) is 21.4. The van der Waals surface area contributed by atoms with Crippen molar-refractivity contribution in [2.24, 2.45) is 0 Å². The maximum Gasteiger partial charge on any atom is 0.303 e. The number of carboxylic acids is 1. The van der Waals surface area contributed by atoms with E-state index in [2.05, 4.69) is 5.32 Å². The van der Waals surface area contributed by atoms with Gasteiger partial charge in [0.15, 0.2) is 0 Å². The SMILES string of the molecule is O=C(O)CCCC[C@@](C(=O)NCC(O)Cc1ccccc1)(c1ccc(-c2ccccc2)cc1)n1cccc1. The second-order valence-corrected chi connectivity index (χ2v) is 9.55. The molecule has 3 N–H and O–H groups in total. The molecule has 4 rings (SSSR count). The summed E-state index contributed by atoms with van der Waals surface area (Å²) in [6, 6.07) is 31.4. The van der Waals surface area contributed by atoms with Crippen LogP contribution in [-0.4, -0.2) is 39.3 Å². The normalized spacial score (nSPS) is 13.4. The predicted octanol–water partition coefficient (Wildman–Crippen LogP) is 5.26. The van der Waals surface area contributed by atoms with Gasteiger partial charge in [-0.05, 0) is 53.6 Å². The van der Waals surface area contributed by atoms with E-state index in [-0.39, 0.29) is 18.9 Å². The summed E-state index contributed by atoms with van der Waals surface area (Å²) in [5, 5.41) is 22.8. The number of nitrogens with one attached hydrogen (secondary N) is 1. The molecule has 3 aromatic carbocycles. The molecule has 2 atom stereocenters. The first-order valence-corrected chi connectivity index (χ1v) is 13.0. The number of aliphatic hydroxyl groups is 1. The summed E-state index contributed by atoms with van der Waals surface area (Å²) in [5.74, 6) is -1.08. The molecule has 0 aliphatic heterocycles. The topological polar surface area (TPSA) is 91.6 Å². The summed E-state index contributed by atoms with van der Waals surface area (Å²) in [6.07, 6.45) is 4.89. The van der Waals surface area contributed by atoms with E-state index in [0.29, 0.717) is 25.7 Å². The molecule has 0 aliphatic carbocycles. The van der Waals surface area contributed by atoms with E-state index in [1.807, 2.05) is 114 Å². The molecule has 1 unspecified atom stereocenters. The van der Waals surface area contributed by atoms with Crippen LogP contribution in [0.2, 0.25) is 0 Å². The highest BCUT2D eigenvalue weighted by atomic mass is 16.4. The van der Waals surface area contributed by atoms with Crippen molar-refractivity contribution in [3.8, 4) is 11.1 Å². The summed E-state index contributed by atoms with van der Waals surface area (Å²) in [4.78, 5) is 25.2. The lowest BCUT2D eigenvalue weighted by atomic mass is 9.82. The Morgan fingerprint density at radius 3 is 2.03 bits per heavy atom. The second kappa shape index (κ2) is 12.9. The Labute approximate surface area is 223 Å². The van der Waals surface area contributed by atoms with Crippen molar-refractivity contribution < 1.29 is 19.8 Å². The van der Waals surface area contributed by atoms with E-state index < -0.39 is 17.6 Å². The van der Waals surface area contributed by atoms with Gasteiger partial charge >= 0.3 is 5.97 Å². The van der Waals surface area contributed by atoms with Crippen molar-refractivity contribution in [1.82, 2.24) is 9.88 Å². The Hall–Kier alpha value is -4.16. The molecular formula is C32H34N2O4. The van der Waals surface area contributed by atoms with Crippen molar-refractivity contribution in [2.45, 2.75) is 43.7 Å². The third-order valence-electron chi connectivity index (χ3n) is 6.88. The Morgan fingerprint density at radius 2 is 1.39 bits per heavy atom. The van der Waals surface area contributed by atoms with Crippen molar-refractivity contribution >= 4 is 11.9 Å². The Bertz CT molecular complexity index is 1290. The molecule has 0 saturated carbocycles. The highest BCUT2D eigenvalue weighted by Crippen LogP contribution is 2.34. The smallest absolute Gasteiger partial charge is 0.303 e. The van der Waals surface area contributed by atoms with Crippen LogP contribution >= 0.6 is 0 Å². The van der Waals surface area contributed by atoms with Gasteiger partial charge < -0.3 is 20.1 Å². The number of aliphatic carboxylic acids is 1. The zero-order chi connectivity index (χ0) is 26.8. The number of aromatic nitrogens is 1. The van der Waals surface area contributed by atoms with Crippen molar-refractivity contribution in [3.63, 3.8) is 0 Å². The number of unbranched alkanes of at least 4 members (excludes halogenated alkanes) is 1. The Balaban J connectivity index is 1.62. The molecule has 0 saturated heterocycles. The van der Waals surface area contributed by atoms with E-state index in [9.17, 15) is 14.7 Å². The monoisotopic (exact) mass is 510 g/mol. The van der Waals surface area contributed by atoms with Crippen molar-refractivity contribution in [3.05, 3.63) is 121 Å². The van der Waals surface area contributed by atoms with Crippen LogP contribution in [0.15, 0.2) is 109 Å². The van der Waals surface area contributed by atoms with Crippen LogP contribution in [0.5, 0.6) is 0 Å². The Morgan fingerprint density at radius 1 is 0.789 bits per heavy atom. The number of amides is 1. The van der Waals surface area contributed by atoms with Crippen LogP contribution in [0.4, 0.5) is 0 Å². The van der Waals surface area contributed by atoms with Gasteiger partial charge in [-0.2, -0.15) is 0 Å².